The van der Waals surface area contributed by atoms with E-state index in [1.807, 2.05) is 22.6 Å². The highest BCUT2D eigenvalue weighted by atomic mass is 127. The largest absolute Gasteiger partial charge is 0.481 e. The third-order valence-electron chi connectivity index (χ3n) is 0.849. The van der Waals surface area contributed by atoms with Gasteiger partial charge in [0.1, 0.15) is 6.61 Å². The summed E-state index contributed by atoms with van der Waals surface area (Å²) >= 11 is 1.96. The number of carboxylic acid groups (broad SMARTS) is 1. The van der Waals surface area contributed by atoms with Crippen LogP contribution in [0.2, 0.25) is 0 Å². The number of aliphatic hydroxyl groups is 1. The van der Waals surface area contributed by atoms with E-state index in [0.717, 1.165) is 6.92 Å². The van der Waals surface area contributed by atoms with E-state index >= 15 is 0 Å². The number of aliphatic hydroxyl groups excluding tert-OH is 1. The van der Waals surface area contributed by atoms with Gasteiger partial charge in [0.15, 0.2) is 0 Å². The lowest BCUT2D eigenvalue weighted by Crippen LogP contribution is -2.07. The van der Waals surface area contributed by atoms with E-state index in [1.54, 1.807) is 0 Å². The van der Waals surface area contributed by atoms with Crippen molar-refractivity contribution in [3.8, 4) is 9.85 Å². The number of carboxylic acids is 1. The Balaban J connectivity index is 0. The molecule has 0 spiro atoms. The van der Waals surface area contributed by atoms with Crippen LogP contribution >= 0.6 is 22.6 Å². The van der Waals surface area contributed by atoms with Crippen LogP contribution in [-0.2, 0) is 14.3 Å². The summed E-state index contributed by atoms with van der Waals surface area (Å²) in [5.41, 5.74) is 0. The van der Waals surface area contributed by atoms with Gasteiger partial charge >= 0.3 is 0 Å². The second kappa shape index (κ2) is 16.1. The molecule has 0 amide bonds. The molecule has 15 heavy (non-hydrogen) atoms. The Kier molecular flexibility index (Phi) is 18.3. The highest BCUT2D eigenvalue weighted by molar-refractivity contribution is 14.1. The molecule has 0 bridgehead atoms. The molecule has 0 radical (unpaired) electrons. The molecule has 0 saturated heterocycles. The predicted octanol–water partition coefficient (Wildman–Crippen LogP) is 0.499. The van der Waals surface area contributed by atoms with E-state index in [0.29, 0.717) is 26.4 Å². The van der Waals surface area contributed by atoms with Gasteiger partial charge in [-0.05, 0) is 3.93 Å². The fraction of sp³-hybridized carbons (Fsp3) is 0.667. The highest BCUT2D eigenvalue weighted by Gasteiger charge is 1.85. The Morgan fingerprint density at radius 2 is 1.87 bits per heavy atom. The molecule has 0 saturated carbocycles. The zero-order chi connectivity index (χ0) is 11.9. The van der Waals surface area contributed by atoms with Crippen LogP contribution in [0, 0.1) is 9.85 Å². The lowest BCUT2D eigenvalue weighted by atomic mass is 10.7. The van der Waals surface area contributed by atoms with Gasteiger partial charge < -0.3 is 19.7 Å². The zero-order valence-corrected chi connectivity index (χ0v) is 10.7. The molecule has 0 aromatic carbocycles. The average Bonchev–Trinajstić information content (AvgIpc) is 2.16. The van der Waals surface area contributed by atoms with Gasteiger partial charge in [-0.1, -0.05) is 5.92 Å². The van der Waals surface area contributed by atoms with Crippen LogP contribution in [0.5, 0.6) is 0 Å². The van der Waals surface area contributed by atoms with Gasteiger partial charge in [0.2, 0.25) is 0 Å². The van der Waals surface area contributed by atoms with E-state index in [2.05, 4.69) is 9.85 Å². The van der Waals surface area contributed by atoms with E-state index < -0.39 is 5.97 Å². The molecule has 0 atom stereocenters. The molecular formula is C9H15IO5. The van der Waals surface area contributed by atoms with Crippen molar-refractivity contribution in [3.05, 3.63) is 0 Å². The van der Waals surface area contributed by atoms with Crippen molar-refractivity contribution in [2.45, 2.75) is 6.92 Å². The first-order valence-electron chi connectivity index (χ1n) is 4.19. The van der Waals surface area contributed by atoms with Crippen LogP contribution in [0.3, 0.4) is 0 Å². The number of halogens is 1. The van der Waals surface area contributed by atoms with E-state index in [-0.39, 0.29) is 6.61 Å². The summed E-state index contributed by atoms with van der Waals surface area (Å²) in [4.78, 5) is 9.00. The molecule has 0 aliphatic carbocycles. The lowest BCUT2D eigenvalue weighted by molar-refractivity contribution is -0.134. The van der Waals surface area contributed by atoms with Crippen molar-refractivity contribution in [2.24, 2.45) is 0 Å². The maximum atomic E-state index is 9.00. The van der Waals surface area contributed by atoms with Crippen molar-refractivity contribution in [2.75, 3.05) is 33.0 Å². The fourth-order valence-electron chi connectivity index (χ4n) is 0.435. The third-order valence-corrected chi connectivity index (χ3v) is 1.23. The van der Waals surface area contributed by atoms with Crippen molar-refractivity contribution in [1.82, 2.24) is 0 Å². The average molecular weight is 330 g/mol. The summed E-state index contributed by atoms with van der Waals surface area (Å²) < 4.78 is 12.7. The molecule has 5 nitrogen and oxygen atoms in total. The number of hydrogen-bond donors (Lipinski definition) is 2. The van der Waals surface area contributed by atoms with Crippen molar-refractivity contribution < 1.29 is 24.5 Å². The van der Waals surface area contributed by atoms with Gasteiger partial charge in [-0.3, -0.25) is 4.79 Å². The zero-order valence-electron chi connectivity index (χ0n) is 8.53. The Morgan fingerprint density at radius 1 is 1.33 bits per heavy atom. The summed E-state index contributed by atoms with van der Waals surface area (Å²) in [5.74, 6) is 1.92. The quantitative estimate of drug-likeness (QED) is 0.421. The summed E-state index contributed by atoms with van der Waals surface area (Å²) in [6.45, 7) is 3.02. The van der Waals surface area contributed by atoms with E-state index in [1.165, 1.54) is 0 Å². The van der Waals surface area contributed by atoms with Gasteiger partial charge in [0, 0.05) is 29.5 Å². The smallest absolute Gasteiger partial charge is 0.300 e. The number of hydrogen-bond acceptors (Lipinski definition) is 4. The second-order valence-electron chi connectivity index (χ2n) is 2.18. The summed E-state index contributed by atoms with van der Waals surface area (Å²) in [7, 11) is 0. The number of rotatable bonds is 6. The van der Waals surface area contributed by atoms with Crippen molar-refractivity contribution >= 4 is 28.6 Å². The molecule has 0 aliphatic heterocycles. The van der Waals surface area contributed by atoms with Gasteiger partial charge in [0.05, 0.1) is 26.4 Å². The maximum absolute atomic E-state index is 9.00. The normalized spacial score (nSPS) is 8.20. The molecule has 0 fully saturated rings. The van der Waals surface area contributed by atoms with E-state index in [4.69, 9.17) is 24.5 Å². The minimum Gasteiger partial charge on any atom is -0.481 e. The van der Waals surface area contributed by atoms with Crippen molar-refractivity contribution in [1.29, 1.82) is 0 Å². The molecule has 0 unspecified atom stereocenters. The SMILES string of the molecule is CC(=O)O.OCCOCCOCC#CI. The minimum atomic E-state index is -0.833. The minimum absolute atomic E-state index is 0.0631. The van der Waals surface area contributed by atoms with Crippen LogP contribution in [0.4, 0.5) is 0 Å². The van der Waals surface area contributed by atoms with Crippen molar-refractivity contribution in [3.63, 3.8) is 0 Å². The van der Waals surface area contributed by atoms with Crippen LogP contribution in [-0.4, -0.2) is 49.2 Å². The highest BCUT2D eigenvalue weighted by Crippen LogP contribution is 1.78. The molecular weight excluding hydrogens is 315 g/mol. The molecule has 6 heteroatoms. The Morgan fingerprint density at radius 3 is 2.33 bits per heavy atom. The first kappa shape index (κ1) is 17.0. The lowest BCUT2D eigenvalue weighted by Gasteiger charge is -2.00. The predicted molar refractivity (Wildman–Crippen MR) is 63.8 cm³/mol. The Bertz CT molecular complexity index is 192. The standard InChI is InChI=1S/C7H11IO3.C2H4O2/c8-2-1-4-10-6-7-11-5-3-9;1-2(3)4/h9H,3-7H2;1H3,(H,3,4). The van der Waals surface area contributed by atoms with Crippen LogP contribution in [0.15, 0.2) is 0 Å². The number of ether oxygens (including phenoxy) is 2. The van der Waals surface area contributed by atoms with Gasteiger partial charge in [0.25, 0.3) is 5.97 Å². The molecule has 0 heterocycles. The molecule has 0 rings (SSSR count). The molecule has 0 aromatic heterocycles. The summed E-state index contributed by atoms with van der Waals surface area (Å²) in [5, 5.41) is 15.7. The molecule has 88 valence electrons. The third kappa shape index (κ3) is 31.7. The monoisotopic (exact) mass is 330 g/mol. The maximum Gasteiger partial charge on any atom is 0.300 e. The number of aliphatic carboxylic acids is 1. The van der Waals surface area contributed by atoms with Gasteiger partial charge in [-0.15, -0.1) is 0 Å². The molecule has 0 aliphatic rings. The van der Waals surface area contributed by atoms with Crippen LogP contribution in [0.1, 0.15) is 6.92 Å². The number of carbonyl (C=O) groups is 1. The van der Waals surface area contributed by atoms with Crippen LogP contribution < -0.4 is 0 Å². The van der Waals surface area contributed by atoms with Gasteiger partial charge in [-0.25, -0.2) is 0 Å². The first-order valence-corrected chi connectivity index (χ1v) is 5.27. The Labute approximate surface area is 103 Å². The summed E-state index contributed by atoms with van der Waals surface area (Å²) in [6.07, 6.45) is 0. The summed E-state index contributed by atoms with van der Waals surface area (Å²) in [6, 6.07) is 0. The van der Waals surface area contributed by atoms with Crippen LogP contribution in [0.25, 0.3) is 0 Å². The van der Waals surface area contributed by atoms with Gasteiger partial charge in [-0.2, -0.15) is 0 Å². The second-order valence-corrected chi connectivity index (χ2v) is 2.72. The molecule has 0 aromatic rings. The van der Waals surface area contributed by atoms with E-state index in [9.17, 15) is 0 Å². The topological polar surface area (TPSA) is 76.0 Å². The fourth-order valence-corrected chi connectivity index (χ4v) is 0.591. The molecule has 2 N–H and O–H groups in total. The first-order chi connectivity index (χ1) is 7.15. The Hall–Kier alpha value is -0.360.